The molecule has 1 rings (SSSR count). The van der Waals surface area contributed by atoms with E-state index in [0.717, 1.165) is 0 Å². The van der Waals surface area contributed by atoms with Gasteiger partial charge in [0.15, 0.2) is 0 Å². The fourth-order valence-corrected chi connectivity index (χ4v) is 1.98. The highest BCUT2D eigenvalue weighted by Gasteiger charge is 2.35. The second-order valence-electron chi connectivity index (χ2n) is 4.79. The van der Waals surface area contributed by atoms with Gasteiger partial charge in [-0.25, -0.2) is 4.79 Å². The lowest BCUT2D eigenvalue weighted by atomic mass is 9.99. The summed E-state index contributed by atoms with van der Waals surface area (Å²) in [6.07, 6.45) is 0. The maximum Gasteiger partial charge on any atom is 0.328 e. The first-order valence-corrected chi connectivity index (χ1v) is 6.14. The number of rotatable bonds is 5. The van der Waals surface area contributed by atoms with Crippen LogP contribution in [-0.4, -0.2) is 51.3 Å². The number of carbonyl (C=O) groups excluding carboxylic acids is 2. The average Bonchev–Trinajstić information content (AvgIpc) is 2.82. The molecule has 0 saturated carbocycles. The first kappa shape index (κ1) is 14.9. The quantitative estimate of drug-likeness (QED) is 0.652. The highest BCUT2D eigenvalue weighted by atomic mass is 16.5. The normalized spacial score (nSPS) is 24.9. The van der Waals surface area contributed by atoms with Crippen LogP contribution in [0.25, 0.3) is 0 Å². The first-order chi connectivity index (χ1) is 8.51. The largest absolute Gasteiger partial charge is 0.467 e. The van der Waals surface area contributed by atoms with Crippen LogP contribution in [0.4, 0.5) is 0 Å². The average molecular weight is 258 g/mol. The third-order valence-electron chi connectivity index (χ3n) is 3.21. The van der Waals surface area contributed by atoms with Crippen molar-refractivity contribution in [2.45, 2.75) is 25.9 Å². The van der Waals surface area contributed by atoms with Crippen LogP contribution in [0.1, 0.15) is 13.8 Å². The van der Waals surface area contributed by atoms with Crippen LogP contribution in [0.2, 0.25) is 0 Å². The molecule has 0 spiro atoms. The van der Waals surface area contributed by atoms with Gasteiger partial charge in [-0.05, 0) is 13.0 Å². The van der Waals surface area contributed by atoms with Gasteiger partial charge in [-0.3, -0.25) is 4.79 Å². The van der Waals surface area contributed by atoms with E-state index in [1.54, 1.807) is 7.05 Å². The third kappa shape index (κ3) is 3.43. The van der Waals surface area contributed by atoms with E-state index in [0.29, 0.717) is 13.2 Å². The molecule has 0 aromatic rings. The number of likely N-dealkylation sites (N-methyl/N-ethyl adjacent to an activating group) is 1. The highest BCUT2D eigenvalue weighted by Crippen LogP contribution is 2.15. The van der Waals surface area contributed by atoms with Crippen molar-refractivity contribution in [1.29, 1.82) is 0 Å². The number of hydrogen-bond acceptors (Lipinski definition) is 5. The molecule has 1 amide bonds. The summed E-state index contributed by atoms with van der Waals surface area (Å²) in [7, 11) is 3.11. The summed E-state index contributed by atoms with van der Waals surface area (Å²) in [4.78, 5) is 23.7. The Morgan fingerprint density at radius 3 is 2.50 bits per heavy atom. The first-order valence-electron chi connectivity index (χ1n) is 6.14. The van der Waals surface area contributed by atoms with Gasteiger partial charge in [-0.2, -0.15) is 0 Å². The van der Waals surface area contributed by atoms with Crippen LogP contribution in [0, 0.1) is 11.8 Å². The Morgan fingerprint density at radius 1 is 1.33 bits per heavy atom. The molecule has 0 aromatic carbocycles. The Bertz CT molecular complexity index is 306. The van der Waals surface area contributed by atoms with E-state index in [9.17, 15) is 9.59 Å². The molecule has 18 heavy (non-hydrogen) atoms. The summed E-state index contributed by atoms with van der Waals surface area (Å²) in [5.41, 5.74) is 0. The van der Waals surface area contributed by atoms with Gasteiger partial charge in [0, 0.05) is 6.04 Å². The minimum atomic E-state index is -0.611. The summed E-state index contributed by atoms with van der Waals surface area (Å²) in [5, 5.41) is 5.78. The molecule has 1 aliphatic heterocycles. The number of amides is 1. The van der Waals surface area contributed by atoms with Crippen molar-refractivity contribution in [2.75, 3.05) is 27.4 Å². The number of hydrogen-bond donors (Lipinski definition) is 2. The number of nitrogens with one attached hydrogen (secondary N) is 2. The van der Waals surface area contributed by atoms with E-state index in [2.05, 4.69) is 15.4 Å². The zero-order valence-corrected chi connectivity index (χ0v) is 11.4. The second-order valence-corrected chi connectivity index (χ2v) is 4.79. The predicted octanol–water partition coefficient (Wildman–Crippen LogP) is -0.465. The second kappa shape index (κ2) is 6.70. The van der Waals surface area contributed by atoms with Gasteiger partial charge in [0.25, 0.3) is 0 Å². The van der Waals surface area contributed by atoms with Crippen LogP contribution in [0.5, 0.6) is 0 Å². The highest BCUT2D eigenvalue weighted by molar-refractivity contribution is 5.86. The SMILES string of the molecule is CNC1COCC1C(=O)N[C@H](C(=O)OC)C(C)C. The van der Waals surface area contributed by atoms with Crippen molar-refractivity contribution in [3.8, 4) is 0 Å². The van der Waals surface area contributed by atoms with Crippen molar-refractivity contribution < 1.29 is 19.1 Å². The van der Waals surface area contributed by atoms with Gasteiger partial charge in [0.05, 0.1) is 26.2 Å². The number of esters is 1. The lowest BCUT2D eigenvalue weighted by molar-refractivity contribution is -0.147. The molecule has 0 aromatic heterocycles. The summed E-state index contributed by atoms with van der Waals surface area (Å²) < 4.78 is 9.96. The molecule has 0 aliphatic carbocycles. The smallest absolute Gasteiger partial charge is 0.328 e. The molecule has 1 aliphatic rings. The van der Waals surface area contributed by atoms with Crippen molar-refractivity contribution in [2.24, 2.45) is 11.8 Å². The van der Waals surface area contributed by atoms with Gasteiger partial charge >= 0.3 is 5.97 Å². The Balaban J connectivity index is 2.63. The van der Waals surface area contributed by atoms with Gasteiger partial charge < -0.3 is 20.1 Å². The van der Waals surface area contributed by atoms with Crippen molar-refractivity contribution in [3.05, 3.63) is 0 Å². The van der Waals surface area contributed by atoms with Crippen LogP contribution in [0.3, 0.4) is 0 Å². The van der Waals surface area contributed by atoms with Crippen LogP contribution in [-0.2, 0) is 19.1 Å². The van der Waals surface area contributed by atoms with E-state index >= 15 is 0 Å². The molecule has 1 heterocycles. The summed E-state index contributed by atoms with van der Waals surface area (Å²) in [6, 6.07) is -0.615. The van der Waals surface area contributed by atoms with E-state index in [1.165, 1.54) is 7.11 Å². The van der Waals surface area contributed by atoms with E-state index < -0.39 is 12.0 Å². The minimum Gasteiger partial charge on any atom is -0.467 e. The summed E-state index contributed by atoms with van der Waals surface area (Å²) >= 11 is 0. The molecule has 2 N–H and O–H groups in total. The van der Waals surface area contributed by atoms with Crippen molar-refractivity contribution in [3.63, 3.8) is 0 Å². The lowest BCUT2D eigenvalue weighted by Crippen LogP contribution is -2.50. The van der Waals surface area contributed by atoms with Crippen LogP contribution < -0.4 is 10.6 Å². The zero-order chi connectivity index (χ0) is 13.7. The van der Waals surface area contributed by atoms with E-state index in [-0.39, 0.29) is 23.8 Å². The van der Waals surface area contributed by atoms with Gasteiger partial charge in [0.1, 0.15) is 6.04 Å². The molecule has 2 unspecified atom stereocenters. The topological polar surface area (TPSA) is 76.7 Å². The standard InChI is InChI=1S/C12H22N2O4/c1-7(2)10(12(16)17-4)14-11(15)8-5-18-6-9(8)13-3/h7-10,13H,5-6H2,1-4H3,(H,14,15)/t8?,9?,10-/m0/s1. The molecular formula is C12H22N2O4. The van der Waals surface area contributed by atoms with Crippen LogP contribution in [0.15, 0.2) is 0 Å². The zero-order valence-electron chi connectivity index (χ0n) is 11.4. The van der Waals surface area contributed by atoms with Crippen molar-refractivity contribution in [1.82, 2.24) is 10.6 Å². The van der Waals surface area contributed by atoms with E-state index in [1.807, 2.05) is 13.8 Å². The maximum atomic E-state index is 12.1. The van der Waals surface area contributed by atoms with E-state index in [4.69, 9.17) is 4.74 Å². The monoisotopic (exact) mass is 258 g/mol. The van der Waals surface area contributed by atoms with Gasteiger partial charge in [-0.1, -0.05) is 13.8 Å². The molecule has 6 heteroatoms. The fraction of sp³-hybridized carbons (Fsp3) is 0.833. The molecule has 6 nitrogen and oxygen atoms in total. The lowest BCUT2D eigenvalue weighted by Gasteiger charge is -2.23. The fourth-order valence-electron chi connectivity index (χ4n) is 1.98. The Hall–Kier alpha value is -1.14. The van der Waals surface area contributed by atoms with Crippen molar-refractivity contribution >= 4 is 11.9 Å². The van der Waals surface area contributed by atoms with Gasteiger partial charge in [-0.15, -0.1) is 0 Å². The molecule has 1 fully saturated rings. The number of methoxy groups -OCH3 is 1. The van der Waals surface area contributed by atoms with Gasteiger partial charge in [0.2, 0.25) is 5.91 Å². The summed E-state index contributed by atoms with van der Waals surface area (Å²) in [5.74, 6) is -0.869. The van der Waals surface area contributed by atoms with Crippen LogP contribution >= 0.6 is 0 Å². The molecular weight excluding hydrogens is 236 g/mol. The summed E-state index contributed by atoms with van der Waals surface area (Å²) in [6.45, 7) is 4.62. The minimum absolute atomic E-state index is 0.00420. The predicted molar refractivity (Wildman–Crippen MR) is 65.9 cm³/mol. The molecule has 3 atom stereocenters. The molecule has 0 bridgehead atoms. The third-order valence-corrected chi connectivity index (χ3v) is 3.21. The Kier molecular flexibility index (Phi) is 5.55. The Labute approximate surface area is 107 Å². The Morgan fingerprint density at radius 2 is 2.00 bits per heavy atom. The molecule has 104 valence electrons. The molecule has 0 radical (unpaired) electrons. The maximum absolute atomic E-state index is 12.1. The number of carbonyl (C=O) groups is 2. The molecule has 1 saturated heterocycles. The number of ether oxygens (including phenoxy) is 2.